The molecule has 0 fully saturated rings. The zero-order valence-electron chi connectivity index (χ0n) is 9.77. The molecule has 2 rings (SSSR count). The SMILES string of the molecule is N#Cc1ccc(Cl)cc1C(C#N)c1ccc(F)cc1. The molecule has 2 nitrogen and oxygen atoms in total. The Hall–Kier alpha value is -2.36. The number of hydrogen-bond acceptors (Lipinski definition) is 2. The first-order valence-electron chi connectivity index (χ1n) is 5.50. The first kappa shape index (κ1) is 13.1. The second-order valence-corrected chi connectivity index (χ2v) is 4.39. The van der Waals surface area contributed by atoms with Gasteiger partial charge in [-0.3, -0.25) is 0 Å². The van der Waals surface area contributed by atoms with Gasteiger partial charge < -0.3 is 0 Å². The van der Waals surface area contributed by atoms with E-state index in [-0.39, 0.29) is 5.82 Å². The minimum atomic E-state index is -0.644. The van der Waals surface area contributed by atoms with E-state index in [9.17, 15) is 9.65 Å². The molecule has 0 saturated heterocycles. The first-order valence-corrected chi connectivity index (χ1v) is 5.88. The Balaban J connectivity index is 2.55. The lowest BCUT2D eigenvalue weighted by atomic mass is 9.89. The summed E-state index contributed by atoms with van der Waals surface area (Å²) in [7, 11) is 0. The van der Waals surface area contributed by atoms with Gasteiger partial charge in [-0.05, 0) is 41.5 Å². The summed E-state index contributed by atoms with van der Waals surface area (Å²) in [5, 5.41) is 18.9. The van der Waals surface area contributed by atoms with E-state index in [0.717, 1.165) is 0 Å². The topological polar surface area (TPSA) is 47.6 Å². The van der Waals surface area contributed by atoms with Crippen molar-refractivity contribution < 1.29 is 4.39 Å². The molecule has 0 amide bonds. The lowest BCUT2D eigenvalue weighted by Crippen LogP contribution is -2.01. The maximum absolute atomic E-state index is 12.9. The molecule has 0 aliphatic heterocycles. The standard InChI is InChI=1S/C15H8ClFN2/c16-12-4-1-11(8-18)14(7-12)15(9-19)10-2-5-13(17)6-3-10/h1-7,15H. The minimum Gasteiger partial charge on any atom is -0.207 e. The fraction of sp³-hybridized carbons (Fsp3) is 0.0667. The van der Waals surface area contributed by atoms with Crippen LogP contribution in [-0.2, 0) is 0 Å². The van der Waals surface area contributed by atoms with Crippen LogP contribution in [0.5, 0.6) is 0 Å². The number of nitrogens with zero attached hydrogens (tertiary/aromatic N) is 2. The molecule has 0 bridgehead atoms. The molecule has 1 unspecified atom stereocenters. The predicted octanol–water partition coefficient (Wildman–Crippen LogP) is 4.01. The van der Waals surface area contributed by atoms with E-state index >= 15 is 0 Å². The highest BCUT2D eigenvalue weighted by Crippen LogP contribution is 2.29. The average Bonchev–Trinajstić information content (AvgIpc) is 2.42. The van der Waals surface area contributed by atoms with Gasteiger partial charge in [-0.15, -0.1) is 0 Å². The van der Waals surface area contributed by atoms with Gasteiger partial charge in [-0.25, -0.2) is 4.39 Å². The lowest BCUT2D eigenvalue weighted by molar-refractivity contribution is 0.627. The van der Waals surface area contributed by atoms with Crippen LogP contribution >= 0.6 is 11.6 Å². The largest absolute Gasteiger partial charge is 0.207 e. The third-order valence-corrected chi connectivity index (χ3v) is 3.01. The van der Waals surface area contributed by atoms with Gasteiger partial charge in [0, 0.05) is 5.02 Å². The molecule has 0 aromatic heterocycles. The molecule has 0 N–H and O–H groups in total. The van der Waals surface area contributed by atoms with Crippen LogP contribution in [0.3, 0.4) is 0 Å². The lowest BCUT2D eigenvalue weighted by Gasteiger charge is -2.12. The maximum Gasteiger partial charge on any atom is 0.123 e. The zero-order chi connectivity index (χ0) is 13.8. The van der Waals surface area contributed by atoms with E-state index in [1.165, 1.54) is 24.3 Å². The average molecular weight is 271 g/mol. The Labute approximate surface area is 115 Å². The summed E-state index contributed by atoms with van der Waals surface area (Å²) >= 11 is 5.91. The predicted molar refractivity (Wildman–Crippen MR) is 70.0 cm³/mol. The van der Waals surface area contributed by atoms with Crippen LogP contribution in [0.4, 0.5) is 4.39 Å². The molecule has 19 heavy (non-hydrogen) atoms. The van der Waals surface area contributed by atoms with Gasteiger partial charge in [0.1, 0.15) is 5.82 Å². The van der Waals surface area contributed by atoms with Crippen molar-refractivity contribution in [1.82, 2.24) is 0 Å². The van der Waals surface area contributed by atoms with Crippen molar-refractivity contribution in [3.05, 3.63) is 70.0 Å². The van der Waals surface area contributed by atoms with Gasteiger partial charge in [0.15, 0.2) is 0 Å². The summed E-state index contributed by atoms with van der Waals surface area (Å²) in [6, 6.07) is 14.6. The fourth-order valence-electron chi connectivity index (χ4n) is 1.85. The van der Waals surface area contributed by atoms with Crippen molar-refractivity contribution >= 4 is 11.6 Å². The molecule has 4 heteroatoms. The number of benzene rings is 2. The second-order valence-electron chi connectivity index (χ2n) is 3.96. The smallest absolute Gasteiger partial charge is 0.123 e. The van der Waals surface area contributed by atoms with Crippen LogP contribution < -0.4 is 0 Å². The summed E-state index contributed by atoms with van der Waals surface area (Å²) in [5.74, 6) is -1.01. The summed E-state index contributed by atoms with van der Waals surface area (Å²) in [6.07, 6.45) is 0. The summed E-state index contributed by atoms with van der Waals surface area (Å²) < 4.78 is 12.9. The van der Waals surface area contributed by atoms with Crippen molar-refractivity contribution in [3.8, 4) is 12.1 Å². The van der Waals surface area contributed by atoms with E-state index in [0.29, 0.717) is 21.7 Å². The van der Waals surface area contributed by atoms with Crippen molar-refractivity contribution in [2.75, 3.05) is 0 Å². The Kier molecular flexibility index (Phi) is 3.80. The fourth-order valence-corrected chi connectivity index (χ4v) is 2.03. The van der Waals surface area contributed by atoms with Crippen LogP contribution in [0.25, 0.3) is 0 Å². The van der Waals surface area contributed by atoms with E-state index in [4.69, 9.17) is 16.9 Å². The van der Waals surface area contributed by atoms with Gasteiger partial charge in [-0.2, -0.15) is 10.5 Å². The Bertz CT molecular complexity index is 681. The summed E-state index contributed by atoms with van der Waals surface area (Å²) in [4.78, 5) is 0. The number of rotatable bonds is 2. The highest BCUT2D eigenvalue weighted by atomic mass is 35.5. The quantitative estimate of drug-likeness (QED) is 0.828. The van der Waals surface area contributed by atoms with Crippen LogP contribution in [0.15, 0.2) is 42.5 Å². The normalized spacial score (nSPS) is 11.4. The van der Waals surface area contributed by atoms with Gasteiger partial charge in [0.2, 0.25) is 0 Å². The number of halogens is 2. The van der Waals surface area contributed by atoms with Crippen molar-refractivity contribution in [1.29, 1.82) is 10.5 Å². The zero-order valence-corrected chi connectivity index (χ0v) is 10.5. The third-order valence-electron chi connectivity index (χ3n) is 2.78. The van der Waals surface area contributed by atoms with Crippen molar-refractivity contribution in [2.24, 2.45) is 0 Å². The van der Waals surface area contributed by atoms with Crippen LogP contribution in [-0.4, -0.2) is 0 Å². The third kappa shape index (κ3) is 2.73. The summed E-state index contributed by atoms with van der Waals surface area (Å²) in [6.45, 7) is 0. The molecular formula is C15H8ClFN2. The molecule has 2 aromatic rings. The molecular weight excluding hydrogens is 263 g/mol. The molecule has 2 aromatic carbocycles. The Morgan fingerprint density at radius 2 is 1.74 bits per heavy atom. The molecule has 0 aliphatic rings. The molecule has 0 aliphatic carbocycles. The van der Waals surface area contributed by atoms with Gasteiger partial charge in [0.05, 0.1) is 23.6 Å². The summed E-state index contributed by atoms with van der Waals surface area (Å²) in [5.41, 5.74) is 1.55. The number of nitriles is 2. The second kappa shape index (κ2) is 5.52. The molecule has 0 heterocycles. The monoisotopic (exact) mass is 270 g/mol. The van der Waals surface area contributed by atoms with E-state index in [2.05, 4.69) is 6.07 Å². The molecule has 0 saturated carbocycles. The molecule has 1 atom stereocenters. The highest BCUT2D eigenvalue weighted by molar-refractivity contribution is 6.30. The minimum absolute atomic E-state index is 0.368. The van der Waals surface area contributed by atoms with Gasteiger partial charge in [-0.1, -0.05) is 23.7 Å². The maximum atomic E-state index is 12.9. The van der Waals surface area contributed by atoms with E-state index in [1.54, 1.807) is 18.2 Å². The van der Waals surface area contributed by atoms with E-state index < -0.39 is 5.92 Å². The molecule has 0 spiro atoms. The Morgan fingerprint density at radius 1 is 1.05 bits per heavy atom. The van der Waals surface area contributed by atoms with Gasteiger partial charge >= 0.3 is 0 Å². The Morgan fingerprint density at radius 3 is 2.32 bits per heavy atom. The van der Waals surface area contributed by atoms with Crippen molar-refractivity contribution in [3.63, 3.8) is 0 Å². The van der Waals surface area contributed by atoms with Crippen LogP contribution in [0, 0.1) is 28.5 Å². The number of hydrogen-bond donors (Lipinski definition) is 0. The molecule has 92 valence electrons. The first-order chi connectivity index (χ1) is 9.15. The van der Waals surface area contributed by atoms with E-state index in [1.807, 2.05) is 6.07 Å². The highest BCUT2D eigenvalue weighted by Gasteiger charge is 2.17. The van der Waals surface area contributed by atoms with Crippen LogP contribution in [0.2, 0.25) is 5.02 Å². The molecule has 0 radical (unpaired) electrons. The van der Waals surface area contributed by atoms with Crippen molar-refractivity contribution in [2.45, 2.75) is 5.92 Å². The van der Waals surface area contributed by atoms with Gasteiger partial charge in [0.25, 0.3) is 0 Å². The van der Waals surface area contributed by atoms with Crippen LogP contribution in [0.1, 0.15) is 22.6 Å².